The second kappa shape index (κ2) is 3.18. The molecule has 5 heteroatoms. The number of hydrogen-bond acceptors (Lipinski definition) is 3. The van der Waals surface area contributed by atoms with Crippen LogP contribution in [0.2, 0.25) is 0 Å². The van der Waals surface area contributed by atoms with Crippen molar-refractivity contribution < 1.29 is 9.90 Å². The quantitative estimate of drug-likeness (QED) is 0.626. The number of aromatic amines is 1. The van der Waals surface area contributed by atoms with E-state index in [1.54, 1.807) is 6.20 Å². The number of carbonyl (C=O) groups is 1. The van der Waals surface area contributed by atoms with Gasteiger partial charge in [-0.3, -0.25) is 5.10 Å². The molecule has 1 heterocycles. The van der Waals surface area contributed by atoms with Gasteiger partial charge in [-0.25, -0.2) is 4.79 Å². The fourth-order valence-corrected chi connectivity index (χ4v) is 1.17. The molecule has 2 rings (SSSR count). The fraction of sp³-hybridized carbons (Fsp3) is 0.500. The summed E-state index contributed by atoms with van der Waals surface area (Å²) in [7, 11) is 0. The van der Waals surface area contributed by atoms with E-state index in [9.17, 15) is 4.79 Å². The third-order valence-corrected chi connectivity index (χ3v) is 2.09. The molecule has 5 nitrogen and oxygen atoms in total. The Morgan fingerprint density at radius 1 is 1.77 bits per heavy atom. The predicted octanol–water partition coefficient (Wildman–Crippen LogP) is 0.360. The molecule has 0 aliphatic heterocycles. The van der Waals surface area contributed by atoms with Gasteiger partial charge in [-0.2, -0.15) is 5.10 Å². The minimum Gasteiger partial charge on any atom is -0.477 e. The Hall–Kier alpha value is -1.36. The van der Waals surface area contributed by atoms with Crippen molar-refractivity contribution in [1.29, 1.82) is 0 Å². The third kappa shape index (κ3) is 1.86. The summed E-state index contributed by atoms with van der Waals surface area (Å²) >= 11 is 0. The van der Waals surface area contributed by atoms with Crippen molar-refractivity contribution in [3.05, 3.63) is 17.5 Å². The SMILES string of the molecule is O=C(O)c1[nH]ncc1CNC1CC1. The molecule has 1 saturated carbocycles. The largest absolute Gasteiger partial charge is 0.477 e. The highest BCUT2D eigenvalue weighted by molar-refractivity contribution is 5.86. The van der Waals surface area contributed by atoms with Crippen LogP contribution in [0.5, 0.6) is 0 Å². The first-order valence-electron chi connectivity index (χ1n) is 4.26. The molecule has 0 atom stereocenters. The van der Waals surface area contributed by atoms with Gasteiger partial charge >= 0.3 is 5.97 Å². The van der Waals surface area contributed by atoms with Crippen LogP contribution in [0.3, 0.4) is 0 Å². The summed E-state index contributed by atoms with van der Waals surface area (Å²) < 4.78 is 0. The standard InChI is InChI=1S/C8H11N3O2/c12-8(13)7-5(4-10-11-7)3-9-6-1-2-6/h4,6,9H,1-3H2,(H,10,11)(H,12,13). The number of rotatable bonds is 4. The van der Waals surface area contributed by atoms with E-state index in [1.807, 2.05) is 0 Å². The number of hydrogen-bond donors (Lipinski definition) is 3. The van der Waals surface area contributed by atoms with Gasteiger partial charge in [-0.05, 0) is 12.8 Å². The van der Waals surface area contributed by atoms with Gasteiger partial charge in [-0.15, -0.1) is 0 Å². The average Bonchev–Trinajstić information content (AvgIpc) is 2.79. The number of aromatic carboxylic acids is 1. The predicted molar refractivity (Wildman–Crippen MR) is 45.4 cm³/mol. The molecule has 0 radical (unpaired) electrons. The van der Waals surface area contributed by atoms with Crippen LogP contribution in [0.1, 0.15) is 28.9 Å². The first-order chi connectivity index (χ1) is 6.27. The lowest BCUT2D eigenvalue weighted by Crippen LogP contribution is -2.16. The number of nitrogens with one attached hydrogen (secondary N) is 2. The lowest BCUT2D eigenvalue weighted by molar-refractivity contribution is 0.0689. The summed E-state index contributed by atoms with van der Waals surface area (Å²) in [6.45, 7) is 0.586. The highest BCUT2D eigenvalue weighted by Gasteiger charge is 2.21. The Bertz CT molecular complexity index is 317. The summed E-state index contributed by atoms with van der Waals surface area (Å²) in [6.07, 6.45) is 3.94. The molecular formula is C8H11N3O2. The van der Waals surface area contributed by atoms with Gasteiger partial charge in [0, 0.05) is 18.2 Å². The van der Waals surface area contributed by atoms with Crippen LogP contribution in [-0.4, -0.2) is 27.3 Å². The Labute approximate surface area is 75.2 Å². The molecule has 1 aromatic rings. The fourth-order valence-electron chi connectivity index (χ4n) is 1.17. The molecule has 0 spiro atoms. The van der Waals surface area contributed by atoms with Gasteiger partial charge in [0.25, 0.3) is 0 Å². The average molecular weight is 181 g/mol. The number of H-pyrrole nitrogens is 1. The van der Waals surface area contributed by atoms with Crippen LogP contribution in [0.4, 0.5) is 0 Å². The number of aromatic nitrogens is 2. The van der Waals surface area contributed by atoms with E-state index in [2.05, 4.69) is 15.5 Å². The zero-order valence-corrected chi connectivity index (χ0v) is 7.08. The molecule has 13 heavy (non-hydrogen) atoms. The van der Waals surface area contributed by atoms with Gasteiger partial charge < -0.3 is 10.4 Å². The lowest BCUT2D eigenvalue weighted by atomic mass is 10.2. The van der Waals surface area contributed by atoms with Crippen molar-refractivity contribution in [2.24, 2.45) is 0 Å². The molecule has 1 aliphatic carbocycles. The van der Waals surface area contributed by atoms with Crippen molar-refractivity contribution in [1.82, 2.24) is 15.5 Å². The maximum atomic E-state index is 10.6. The van der Waals surface area contributed by atoms with Crippen molar-refractivity contribution in [2.45, 2.75) is 25.4 Å². The van der Waals surface area contributed by atoms with Crippen LogP contribution in [0.15, 0.2) is 6.20 Å². The Morgan fingerprint density at radius 2 is 2.54 bits per heavy atom. The van der Waals surface area contributed by atoms with Crippen LogP contribution in [-0.2, 0) is 6.54 Å². The summed E-state index contributed by atoms with van der Waals surface area (Å²) in [5, 5.41) is 18.1. The zero-order valence-electron chi connectivity index (χ0n) is 7.08. The van der Waals surface area contributed by atoms with E-state index in [0.29, 0.717) is 12.6 Å². The maximum absolute atomic E-state index is 10.6. The molecule has 0 saturated heterocycles. The van der Waals surface area contributed by atoms with Crippen molar-refractivity contribution >= 4 is 5.97 Å². The minimum absolute atomic E-state index is 0.188. The highest BCUT2D eigenvalue weighted by Crippen LogP contribution is 2.19. The summed E-state index contributed by atoms with van der Waals surface area (Å²) in [5.41, 5.74) is 0.910. The van der Waals surface area contributed by atoms with E-state index < -0.39 is 5.97 Å². The molecule has 1 fully saturated rings. The Kier molecular flexibility index (Phi) is 2.02. The van der Waals surface area contributed by atoms with Gasteiger partial charge in [0.05, 0.1) is 6.20 Å². The summed E-state index contributed by atoms with van der Waals surface area (Å²) in [5.74, 6) is -0.954. The van der Waals surface area contributed by atoms with E-state index in [0.717, 1.165) is 5.56 Å². The van der Waals surface area contributed by atoms with E-state index in [4.69, 9.17) is 5.11 Å². The first-order valence-corrected chi connectivity index (χ1v) is 4.26. The topological polar surface area (TPSA) is 78.0 Å². The zero-order chi connectivity index (χ0) is 9.26. The summed E-state index contributed by atoms with van der Waals surface area (Å²) in [6, 6.07) is 0.580. The maximum Gasteiger partial charge on any atom is 0.354 e. The van der Waals surface area contributed by atoms with E-state index in [-0.39, 0.29) is 5.69 Å². The van der Waals surface area contributed by atoms with Crippen LogP contribution in [0.25, 0.3) is 0 Å². The molecule has 0 amide bonds. The molecule has 70 valence electrons. The molecule has 1 aromatic heterocycles. The molecular weight excluding hydrogens is 170 g/mol. The normalized spacial score (nSPS) is 16.0. The van der Waals surface area contributed by atoms with Crippen LogP contribution >= 0.6 is 0 Å². The number of carboxylic acid groups (broad SMARTS) is 1. The van der Waals surface area contributed by atoms with Gasteiger partial charge in [0.2, 0.25) is 0 Å². The number of carboxylic acids is 1. The van der Waals surface area contributed by atoms with Crippen molar-refractivity contribution in [2.75, 3.05) is 0 Å². The second-order valence-corrected chi connectivity index (χ2v) is 3.23. The van der Waals surface area contributed by atoms with Crippen LogP contribution in [0, 0.1) is 0 Å². The van der Waals surface area contributed by atoms with E-state index in [1.165, 1.54) is 12.8 Å². The molecule has 0 aromatic carbocycles. The van der Waals surface area contributed by atoms with E-state index >= 15 is 0 Å². The summed E-state index contributed by atoms with van der Waals surface area (Å²) in [4.78, 5) is 10.6. The monoisotopic (exact) mass is 181 g/mol. The van der Waals surface area contributed by atoms with Crippen LogP contribution < -0.4 is 5.32 Å². The van der Waals surface area contributed by atoms with Gasteiger partial charge in [0.15, 0.2) is 0 Å². The Balaban J connectivity index is 2.00. The third-order valence-electron chi connectivity index (χ3n) is 2.09. The molecule has 0 unspecified atom stereocenters. The number of nitrogens with zero attached hydrogens (tertiary/aromatic N) is 1. The van der Waals surface area contributed by atoms with Crippen molar-refractivity contribution in [3.8, 4) is 0 Å². The van der Waals surface area contributed by atoms with Crippen molar-refractivity contribution in [3.63, 3.8) is 0 Å². The lowest BCUT2D eigenvalue weighted by Gasteiger charge is -2.00. The second-order valence-electron chi connectivity index (χ2n) is 3.23. The van der Waals surface area contributed by atoms with Gasteiger partial charge in [0.1, 0.15) is 5.69 Å². The highest BCUT2D eigenvalue weighted by atomic mass is 16.4. The molecule has 0 bridgehead atoms. The molecule has 1 aliphatic rings. The first kappa shape index (κ1) is 8.25. The Morgan fingerprint density at radius 3 is 3.15 bits per heavy atom. The van der Waals surface area contributed by atoms with Gasteiger partial charge in [-0.1, -0.05) is 0 Å². The minimum atomic E-state index is -0.954. The smallest absolute Gasteiger partial charge is 0.354 e. The molecule has 3 N–H and O–H groups in total.